The highest BCUT2D eigenvalue weighted by molar-refractivity contribution is 7.30. The molecule has 4 heteroatoms. The number of hydrogen-bond acceptors (Lipinski definition) is 3. The van der Waals surface area contributed by atoms with Gasteiger partial charge in [-0.3, -0.25) is 4.57 Å². The van der Waals surface area contributed by atoms with Gasteiger partial charge in [0.1, 0.15) is 11.5 Å². The summed E-state index contributed by atoms with van der Waals surface area (Å²) in [5.41, 5.74) is 3.76. The number of phenolic OH excluding ortho intramolecular Hbond substituents is 2. The summed E-state index contributed by atoms with van der Waals surface area (Å²) in [7, 11) is -0.535. The highest BCUT2D eigenvalue weighted by Gasteiger charge is 2.22. The van der Waals surface area contributed by atoms with E-state index in [0.29, 0.717) is 0 Å². The highest BCUT2D eigenvalue weighted by Crippen LogP contribution is 2.37. The van der Waals surface area contributed by atoms with E-state index in [9.17, 15) is 14.8 Å². The van der Waals surface area contributed by atoms with Crippen molar-refractivity contribution in [2.24, 2.45) is 5.92 Å². The molecule has 0 radical (unpaired) electrons. The minimum Gasteiger partial charge on any atom is -0.508 e. The van der Waals surface area contributed by atoms with Gasteiger partial charge in [-0.15, -0.1) is 0 Å². The largest absolute Gasteiger partial charge is 0.508 e. The minimum absolute atomic E-state index is 0.0931. The maximum atomic E-state index is 11.8. The molecule has 0 amide bonds. The summed E-state index contributed by atoms with van der Waals surface area (Å²) < 4.78 is 11.8. The lowest BCUT2D eigenvalue weighted by molar-refractivity contribution is 0.474. The van der Waals surface area contributed by atoms with Crippen LogP contribution in [-0.4, -0.2) is 15.5 Å². The quantitative estimate of drug-likeness (QED) is 0.805. The Labute approximate surface area is 136 Å². The fourth-order valence-corrected chi connectivity index (χ4v) is 3.42. The molecule has 1 aliphatic carbocycles. The van der Waals surface area contributed by atoms with Crippen molar-refractivity contribution in [2.75, 3.05) is 0 Å². The molecule has 0 saturated heterocycles. The van der Waals surface area contributed by atoms with Crippen molar-refractivity contribution in [3.05, 3.63) is 71.8 Å². The average Bonchev–Trinajstić information content (AvgIpc) is 2.56. The van der Waals surface area contributed by atoms with Crippen molar-refractivity contribution in [3.63, 3.8) is 0 Å². The molecule has 2 atom stereocenters. The fraction of sp³-hybridized carbons (Fsp3) is 0.105. The van der Waals surface area contributed by atoms with Crippen LogP contribution in [0, 0.1) is 5.92 Å². The second-order valence-corrected chi connectivity index (χ2v) is 6.29. The third kappa shape index (κ3) is 3.01. The average molecular weight is 324 g/mol. The molecule has 0 fully saturated rings. The van der Waals surface area contributed by atoms with Gasteiger partial charge in [-0.2, -0.15) is 0 Å². The van der Waals surface area contributed by atoms with E-state index in [-0.39, 0.29) is 17.4 Å². The van der Waals surface area contributed by atoms with Crippen molar-refractivity contribution >= 4 is 24.5 Å². The zero-order valence-corrected chi connectivity index (χ0v) is 13.7. The molecule has 2 N–H and O–H groups in total. The Morgan fingerprint density at radius 3 is 1.91 bits per heavy atom. The molecule has 0 heterocycles. The van der Waals surface area contributed by atoms with E-state index in [2.05, 4.69) is 0 Å². The van der Waals surface area contributed by atoms with Crippen molar-refractivity contribution in [2.45, 2.75) is 6.92 Å². The van der Waals surface area contributed by atoms with Crippen LogP contribution in [0.1, 0.15) is 18.1 Å². The first-order chi connectivity index (χ1) is 11.1. The van der Waals surface area contributed by atoms with E-state index in [0.717, 1.165) is 27.6 Å². The van der Waals surface area contributed by atoms with Gasteiger partial charge >= 0.3 is 0 Å². The van der Waals surface area contributed by atoms with Crippen LogP contribution in [0.4, 0.5) is 0 Å². The topological polar surface area (TPSA) is 57.5 Å². The van der Waals surface area contributed by atoms with Crippen molar-refractivity contribution in [1.82, 2.24) is 0 Å². The number of rotatable bonds is 2. The third-order valence-electron chi connectivity index (χ3n) is 3.99. The van der Waals surface area contributed by atoms with E-state index in [1.807, 2.05) is 43.3 Å². The van der Waals surface area contributed by atoms with Crippen LogP contribution in [-0.2, 0) is 4.57 Å². The van der Waals surface area contributed by atoms with Gasteiger partial charge in [0.05, 0.1) is 8.08 Å². The number of aromatic hydroxyl groups is 2. The summed E-state index contributed by atoms with van der Waals surface area (Å²) in [6.07, 6.45) is 4.06. The summed E-state index contributed by atoms with van der Waals surface area (Å²) >= 11 is 0. The summed E-state index contributed by atoms with van der Waals surface area (Å²) in [5, 5.41) is 19.9. The zero-order valence-electron chi connectivity index (χ0n) is 12.7. The molecule has 2 unspecified atom stereocenters. The predicted octanol–water partition coefficient (Wildman–Crippen LogP) is 4.41. The Morgan fingerprint density at radius 1 is 0.870 bits per heavy atom. The highest BCUT2D eigenvalue weighted by atomic mass is 31.0. The maximum Gasteiger partial charge on any atom is 0.115 e. The Morgan fingerprint density at radius 2 is 1.39 bits per heavy atom. The minimum atomic E-state index is -0.535. The summed E-state index contributed by atoms with van der Waals surface area (Å²) in [5.74, 6) is 0.505. The van der Waals surface area contributed by atoms with Crippen molar-refractivity contribution in [3.8, 4) is 11.5 Å². The fourth-order valence-electron chi connectivity index (χ4n) is 2.76. The second-order valence-electron chi connectivity index (χ2n) is 5.55. The number of allylic oxidation sites excluding steroid dienone is 4. The van der Waals surface area contributed by atoms with E-state index >= 15 is 0 Å². The van der Waals surface area contributed by atoms with Gasteiger partial charge < -0.3 is 10.2 Å². The van der Waals surface area contributed by atoms with Gasteiger partial charge in [0.25, 0.3) is 0 Å². The van der Waals surface area contributed by atoms with E-state index in [1.54, 1.807) is 24.3 Å². The first-order valence-corrected chi connectivity index (χ1v) is 8.27. The summed E-state index contributed by atoms with van der Waals surface area (Å²) in [6, 6.07) is 13.9. The molecular formula is C19H17O3P. The van der Waals surface area contributed by atoms with Gasteiger partial charge in [-0.1, -0.05) is 43.3 Å². The molecule has 3 nitrogen and oxygen atoms in total. The van der Waals surface area contributed by atoms with Gasteiger partial charge in [-0.05, 0) is 41.0 Å². The molecule has 0 saturated carbocycles. The van der Waals surface area contributed by atoms with Gasteiger partial charge in [0.2, 0.25) is 0 Å². The lowest BCUT2D eigenvalue weighted by Gasteiger charge is -2.22. The van der Waals surface area contributed by atoms with Gasteiger partial charge in [0.15, 0.2) is 0 Å². The Bertz CT molecular complexity index is 839. The van der Waals surface area contributed by atoms with E-state index < -0.39 is 8.08 Å². The molecule has 1 aliphatic rings. The third-order valence-corrected chi connectivity index (χ3v) is 4.92. The molecule has 116 valence electrons. The molecule has 0 bridgehead atoms. The molecule has 2 aromatic rings. The second kappa shape index (κ2) is 6.31. The number of benzene rings is 2. The molecular weight excluding hydrogens is 307 g/mol. The first-order valence-electron chi connectivity index (χ1n) is 7.37. The monoisotopic (exact) mass is 324 g/mol. The van der Waals surface area contributed by atoms with E-state index in [1.165, 1.54) is 0 Å². The predicted molar refractivity (Wildman–Crippen MR) is 95.3 cm³/mol. The van der Waals surface area contributed by atoms with Gasteiger partial charge in [0, 0.05) is 16.8 Å². The normalized spacial score (nSPS) is 17.8. The van der Waals surface area contributed by atoms with Gasteiger partial charge in [-0.25, -0.2) is 0 Å². The summed E-state index contributed by atoms with van der Waals surface area (Å²) in [6.45, 7) is 2.02. The van der Waals surface area contributed by atoms with Crippen LogP contribution in [0.15, 0.2) is 60.7 Å². The molecule has 0 aliphatic heterocycles. The smallest absolute Gasteiger partial charge is 0.115 e. The number of phenols is 2. The maximum absolute atomic E-state index is 11.8. The van der Waals surface area contributed by atoms with Crippen molar-refractivity contribution < 1.29 is 14.8 Å². The number of hydrogen-bond donors (Lipinski definition) is 2. The molecule has 0 aromatic heterocycles. The Balaban J connectivity index is 2.26. The van der Waals surface area contributed by atoms with Crippen LogP contribution < -0.4 is 0 Å². The standard InChI is InChI=1S/C19H17O3P/c1-12-2-11-17(13-3-7-15(20)8-4-13)18(19(12)23-22)14-5-9-16(21)10-6-14/h2-12,20-21,23H,1H3. The molecule has 23 heavy (non-hydrogen) atoms. The Hall–Kier alpha value is -2.51. The van der Waals surface area contributed by atoms with Crippen LogP contribution in [0.25, 0.3) is 11.1 Å². The molecule has 0 spiro atoms. The lowest BCUT2D eigenvalue weighted by Crippen LogP contribution is -2.13. The zero-order chi connectivity index (χ0) is 16.4. The van der Waals surface area contributed by atoms with Crippen LogP contribution >= 0.6 is 8.08 Å². The Kier molecular flexibility index (Phi) is 4.22. The molecule has 3 rings (SSSR count). The van der Waals surface area contributed by atoms with Crippen LogP contribution in [0.3, 0.4) is 0 Å². The van der Waals surface area contributed by atoms with Crippen LogP contribution in [0.2, 0.25) is 0 Å². The summed E-state index contributed by atoms with van der Waals surface area (Å²) in [4.78, 5) is 0. The SMILES string of the molecule is CC1C=CC(c2ccc(O)cc2)=C(c2ccc(O)cc2)C1=[PH]=O. The van der Waals surface area contributed by atoms with Crippen molar-refractivity contribution in [1.29, 1.82) is 0 Å². The molecule has 2 aromatic carbocycles. The first kappa shape index (κ1) is 15.4. The van der Waals surface area contributed by atoms with Crippen LogP contribution in [0.5, 0.6) is 11.5 Å². The lowest BCUT2D eigenvalue weighted by atomic mass is 9.83. The van der Waals surface area contributed by atoms with E-state index in [4.69, 9.17) is 0 Å².